The van der Waals surface area contributed by atoms with Crippen LogP contribution in [0.4, 0.5) is 5.00 Å². The van der Waals surface area contributed by atoms with Crippen LogP contribution < -0.4 is 5.32 Å². The van der Waals surface area contributed by atoms with Crippen LogP contribution in [0.3, 0.4) is 0 Å². The minimum Gasteiger partial charge on any atom is -0.465 e. The zero-order valence-electron chi connectivity index (χ0n) is 11.1. The Bertz CT molecular complexity index is 819. The number of hydrogen-bond donors (Lipinski definition) is 1. The maximum absolute atomic E-state index is 12.4. The molecule has 0 aliphatic carbocycles. The summed E-state index contributed by atoms with van der Waals surface area (Å²) in [5.41, 5.74) is 0.982. The summed E-state index contributed by atoms with van der Waals surface area (Å²) in [7, 11) is 1.32. The summed E-state index contributed by atoms with van der Waals surface area (Å²) in [5.74, 6) is -0.679. The number of methoxy groups -OCH3 is 1. The molecule has 0 bridgehead atoms. The van der Waals surface area contributed by atoms with E-state index >= 15 is 0 Å². The van der Waals surface area contributed by atoms with E-state index in [1.807, 2.05) is 29.6 Å². The van der Waals surface area contributed by atoms with Crippen molar-refractivity contribution in [2.24, 2.45) is 0 Å². The summed E-state index contributed by atoms with van der Waals surface area (Å²) < 4.78 is 5.75. The quantitative estimate of drug-likeness (QED) is 0.743. The number of carbonyl (C=O) groups is 2. The average Bonchev–Trinajstić information content (AvgIpc) is 3.12. The predicted molar refractivity (Wildman–Crippen MR) is 85.4 cm³/mol. The van der Waals surface area contributed by atoms with E-state index in [-0.39, 0.29) is 5.91 Å². The lowest BCUT2D eigenvalue weighted by Crippen LogP contribution is -2.13. The van der Waals surface area contributed by atoms with Crippen LogP contribution in [0.15, 0.2) is 41.1 Å². The van der Waals surface area contributed by atoms with Gasteiger partial charge < -0.3 is 10.1 Å². The summed E-state index contributed by atoms with van der Waals surface area (Å²) in [5, 5.41) is 7.77. The third-order valence-electron chi connectivity index (χ3n) is 3.02. The summed E-state index contributed by atoms with van der Waals surface area (Å²) in [4.78, 5) is 24.0. The van der Waals surface area contributed by atoms with Gasteiger partial charge in [-0.15, -0.1) is 22.7 Å². The molecule has 0 radical (unpaired) electrons. The fourth-order valence-electron chi connectivity index (χ4n) is 2.00. The number of thiophene rings is 2. The van der Waals surface area contributed by atoms with E-state index in [4.69, 9.17) is 4.74 Å². The predicted octanol–water partition coefficient (Wildman–Crippen LogP) is 4.00. The molecule has 2 heterocycles. The normalized spacial score (nSPS) is 10.5. The number of esters is 1. The van der Waals surface area contributed by atoms with E-state index in [0.29, 0.717) is 16.1 Å². The SMILES string of the molecule is COC(=O)c1ccsc1NC(=O)c1csc2ccccc12. The molecule has 4 nitrogen and oxygen atoms in total. The van der Waals surface area contributed by atoms with E-state index in [1.54, 1.807) is 11.4 Å². The third-order valence-corrected chi connectivity index (χ3v) is 4.82. The second-order valence-electron chi connectivity index (χ2n) is 4.25. The Kier molecular flexibility index (Phi) is 3.72. The first-order valence-electron chi connectivity index (χ1n) is 6.14. The third kappa shape index (κ3) is 2.55. The molecule has 3 rings (SSSR count). The minimum absolute atomic E-state index is 0.222. The number of rotatable bonds is 3. The molecular weight excluding hydrogens is 306 g/mol. The maximum Gasteiger partial charge on any atom is 0.340 e. The smallest absolute Gasteiger partial charge is 0.340 e. The minimum atomic E-state index is -0.457. The van der Waals surface area contributed by atoms with E-state index in [1.165, 1.54) is 29.8 Å². The molecule has 0 saturated heterocycles. The van der Waals surface area contributed by atoms with Gasteiger partial charge in [0.15, 0.2) is 0 Å². The summed E-state index contributed by atoms with van der Waals surface area (Å²) in [6, 6.07) is 9.36. The van der Waals surface area contributed by atoms with Gasteiger partial charge in [-0.05, 0) is 17.5 Å². The Morgan fingerprint density at radius 3 is 2.71 bits per heavy atom. The number of carbonyl (C=O) groups excluding carboxylic acids is 2. The van der Waals surface area contributed by atoms with Crippen LogP contribution in [0.25, 0.3) is 10.1 Å². The van der Waals surface area contributed by atoms with Gasteiger partial charge in [0.05, 0.1) is 18.2 Å². The van der Waals surface area contributed by atoms with Gasteiger partial charge in [-0.25, -0.2) is 4.79 Å². The molecule has 2 aromatic heterocycles. The van der Waals surface area contributed by atoms with Gasteiger partial charge >= 0.3 is 5.97 Å². The van der Waals surface area contributed by atoms with Crippen molar-refractivity contribution >= 4 is 49.6 Å². The number of hydrogen-bond acceptors (Lipinski definition) is 5. The number of nitrogens with one attached hydrogen (secondary N) is 1. The average molecular weight is 317 g/mol. The van der Waals surface area contributed by atoms with Gasteiger partial charge in [-0.1, -0.05) is 18.2 Å². The molecular formula is C15H11NO3S2. The van der Waals surface area contributed by atoms with Crippen molar-refractivity contribution < 1.29 is 14.3 Å². The van der Waals surface area contributed by atoms with Gasteiger partial charge in [-0.3, -0.25) is 4.79 Å². The second kappa shape index (κ2) is 5.67. The van der Waals surface area contributed by atoms with Gasteiger partial charge in [0.25, 0.3) is 5.91 Å². The first-order chi connectivity index (χ1) is 10.2. The molecule has 0 aliphatic heterocycles. The van der Waals surface area contributed by atoms with E-state index < -0.39 is 5.97 Å². The lowest BCUT2D eigenvalue weighted by atomic mass is 10.1. The van der Waals surface area contributed by atoms with Crippen molar-refractivity contribution in [3.63, 3.8) is 0 Å². The van der Waals surface area contributed by atoms with Crippen molar-refractivity contribution in [1.82, 2.24) is 0 Å². The summed E-state index contributed by atoms with van der Waals surface area (Å²) in [6.07, 6.45) is 0. The Morgan fingerprint density at radius 1 is 1.10 bits per heavy atom. The molecule has 6 heteroatoms. The number of benzene rings is 1. The van der Waals surface area contributed by atoms with Crippen molar-refractivity contribution in [2.75, 3.05) is 12.4 Å². The first kappa shape index (κ1) is 13.8. The number of anilines is 1. The highest BCUT2D eigenvalue weighted by Crippen LogP contribution is 2.28. The van der Waals surface area contributed by atoms with Crippen LogP contribution in [0.5, 0.6) is 0 Å². The fourth-order valence-corrected chi connectivity index (χ4v) is 3.71. The molecule has 0 spiro atoms. The van der Waals surface area contributed by atoms with Gasteiger partial charge in [0.2, 0.25) is 0 Å². The highest BCUT2D eigenvalue weighted by molar-refractivity contribution is 7.17. The van der Waals surface area contributed by atoms with Crippen molar-refractivity contribution in [1.29, 1.82) is 0 Å². The second-order valence-corrected chi connectivity index (χ2v) is 6.08. The Labute approximate surface area is 129 Å². The topological polar surface area (TPSA) is 55.4 Å². The van der Waals surface area contributed by atoms with Gasteiger partial charge in [-0.2, -0.15) is 0 Å². The van der Waals surface area contributed by atoms with E-state index in [0.717, 1.165) is 10.1 Å². The van der Waals surface area contributed by atoms with Gasteiger partial charge in [0, 0.05) is 15.5 Å². The lowest BCUT2D eigenvalue weighted by molar-refractivity contribution is 0.0602. The number of amides is 1. The monoisotopic (exact) mass is 317 g/mol. The molecule has 106 valence electrons. The summed E-state index contributed by atoms with van der Waals surface area (Å²) >= 11 is 2.82. The van der Waals surface area contributed by atoms with Crippen molar-refractivity contribution in [2.45, 2.75) is 0 Å². The largest absolute Gasteiger partial charge is 0.465 e. The van der Waals surface area contributed by atoms with Crippen molar-refractivity contribution in [3.05, 3.63) is 52.2 Å². The molecule has 0 aliphatic rings. The first-order valence-corrected chi connectivity index (χ1v) is 7.90. The Balaban J connectivity index is 1.90. The van der Waals surface area contributed by atoms with E-state index in [2.05, 4.69) is 5.32 Å². The van der Waals surface area contributed by atoms with Crippen molar-refractivity contribution in [3.8, 4) is 0 Å². The molecule has 0 saturated carbocycles. The molecule has 1 amide bonds. The standard InChI is InChI=1S/C15H11NO3S2/c1-19-15(18)10-6-7-20-14(10)16-13(17)11-8-21-12-5-3-2-4-9(11)12/h2-8H,1H3,(H,16,17). The molecule has 3 aromatic rings. The van der Waals surface area contributed by atoms with E-state index in [9.17, 15) is 9.59 Å². The molecule has 0 atom stereocenters. The van der Waals surface area contributed by atoms with Crippen LogP contribution in [-0.2, 0) is 4.74 Å². The molecule has 1 N–H and O–H groups in total. The number of ether oxygens (including phenoxy) is 1. The highest BCUT2D eigenvalue weighted by atomic mass is 32.1. The number of fused-ring (bicyclic) bond motifs is 1. The molecule has 0 unspecified atom stereocenters. The molecule has 1 aromatic carbocycles. The van der Waals surface area contributed by atoms with Gasteiger partial charge in [0.1, 0.15) is 5.00 Å². The zero-order valence-corrected chi connectivity index (χ0v) is 12.7. The van der Waals surface area contributed by atoms with Crippen LogP contribution in [0, 0.1) is 0 Å². The molecule has 0 fully saturated rings. The zero-order chi connectivity index (χ0) is 14.8. The van der Waals surface area contributed by atoms with Crippen LogP contribution in [0.2, 0.25) is 0 Å². The van der Waals surface area contributed by atoms with Crippen LogP contribution in [0.1, 0.15) is 20.7 Å². The van der Waals surface area contributed by atoms with Crippen LogP contribution >= 0.6 is 22.7 Å². The Hall–Kier alpha value is -2.18. The maximum atomic E-state index is 12.4. The highest BCUT2D eigenvalue weighted by Gasteiger charge is 2.18. The fraction of sp³-hybridized carbons (Fsp3) is 0.0667. The summed E-state index contributed by atoms with van der Waals surface area (Å²) in [6.45, 7) is 0. The van der Waals surface area contributed by atoms with Crippen LogP contribution in [-0.4, -0.2) is 19.0 Å². The molecule has 21 heavy (non-hydrogen) atoms. The lowest BCUT2D eigenvalue weighted by Gasteiger charge is -2.04. The Morgan fingerprint density at radius 2 is 1.90 bits per heavy atom.